The van der Waals surface area contributed by atoms with E-state index in [2.05, 4.69) is 15.5 Å². The van der Waals surface area contributed by atoms with Crippen molar-refractivity contribution < 1.29 is 14.4 Å². The Hall–Kier alpha value is -1.63. The number of aromatic nitrogens is 1. The molecule has 0 bridgehead atoms. The Morgan fingerprint density at radius 3 is 2.80 bits per heavy atom. The minimum atomic E-state index is -0.524. The van der Waals surface area contributed by atoms with Gasteiger partial charge >= 0.3 is 6.09 Å². The van der Waals surface area contributed by atoms with Gasteiger partial charge in [0.2, 0.25) is 0 Å². The monoisotopic (exact) mass is 297 g/mol. The maximum atomic E-state index is 11.7. The lowest BCUT2D eigenvalue weighted by Gasteiger charge is -2.18. The van der Waals surface area contributed by atoms with Gasteiger partial charge in [-0.05, 0) is 40.0 Å². The predicted octanol–water partition coefficient (Wildman–Crippen LogP) is 3.18. The Morgan fingerprint density at radius 1 is 1.40 bits per heavy atom. The summed E-state index contributed by atoms with van der Waals surface area (Å²) in [5, 5.41) is 7.23. The molecule has 1 aromatic rings. The van der Waals surface area contributed by atoms with Crippen molar-refractivity contribution in [2.75, 3.05) is 12.4 Å². The fraction of sp³-hybridized carbons (Fsp3) is 0.615. The first-order valence-corrected chi connectivity index (χ1v) is 7.31. The Balaban J connectivity index is 2.12. The van der Waals surface area contributed by atoms with Gasteiger partial charge in [-0.15, -0.1) is 0 Å². The minimum Gasteiger partial charge on any atom is -0.444 e. The van der Waals surface area contributed by atoms with E-state index < -0.39 is 11.7 Å². The van der Waals surface area contributed by atoms with Crippen molar-refractivity contribution >= 4 is 28.3 Å². The first kappa shape index (κ1) is 14.8. The van der Waals surface area contributed by atoms with E-state index in [4.69, 9.17) is 9.57 Å². The third-order valence-corrected chi connectivity index (χ3v) is 3.66. The molecule has 0 spiro atoms. The van der Waals surface area contributed by atoms with E-state index in [1.54, 1.807) is 0 Å². The zero-order chi connectivity index (χ0) is 14.8. The second-order valence-corrected chi connectivity index (χ2v) is 6.49. The molecular weight excluding hydrogens is 278 g/mol. The number of nitrogens with zero attached hydrogens (tertiary/aromatic N) is 2. The highest BCUT2D eigenvalue weighted by atomic mass is 32.1. The molecule has 0 aromatic carbocycles. The van der Waals surface area contributed by atoms with E-state index in [1.165, 1.54) is 18.4 Å². The number of carbonyl (C=O) groups excluding carboxylic acids is 1. The molecule has 0 fully saturated rings. The molecule has 20 heavy (non-hydrogen) atoms. The van der Waals surface area contributed by atoms with Crippen LogP contribution in [0.2, 0.25) is 0 Å². The molecule has 0 aliphatic heterocycles. The van der Waals surface area contributed by atoms with Crippen molar-refractivity contribution in [2.45, 2.75) is 45.6 Å². The van der Waals surface area contributed by atoms with Crippen LogP contribution in [0.5, 0.6) is 0 Å². The average molecular weight is 297 g/mol. The van der Waals surface area contributed by atoms with Crippen LogP contribution in [0.1, 0.15) is 44.2 Å². The molecule has 6 nitrogen and oxygen atoms in total. The van der Waals surface area contributed by atoms with Gasteiger partial charge in [-0.2, -0.15) is 0 Å². The fourth-order valence-corrected chi connectivity index (χ4v) is 2.93. The van der Waals surface area contributed by atoms with E-state index in [0.717, 1.165) is 35.5 Å². The quantitative estimate of drug-likeness (QED) is 0.851. The predicted molar refractivity (Wildman–Crippen MR) is 78.5 cm³/mol. The lowest BCUT2D eigenvalue weighted by atomic mass is 10.0. The number of nitrogens with one attached hydrogen (secondary N) is 1. The molecule has 0 atom stereocenters. The number of rotatable bonds is 2. The van der Waals surface area contributed by atoms with Gasteiger partial charge in [-0.3, -0.25) is 5.32 Å². The van der Waals surface area contributed by atoms with Crippen molar-refractivity contribution in [2.24, 2.45) is 5.16 Å². The maximum absolute atomic E-state index is 11.7. The van der Waals surface area contributed by atoms with E-state index in [0.29, 0.717) is 5.13 Å². The maximum Gasteiger partial charge on any atom is 0.413 e. The number of thiazole rings is 1. The summed E-state index contributed by atoms with van der Waals surface area (Å²) >= 11 is 1.40. The summed E-state index contributed by atoms with van der Waals surface area (Å²) in [5.41, 5.74) is 1.33. The standard InChI is InChI=1S/C13H19N3O3S/c1-13(2,3)19-12(17)15-11-14-8-6-5-7-9(16-18-4)10(8)20-11/h5-7H2,1-4H3,(H,14,15,17)/b16-9+. The third kappa shape index (κ3) is 3.69. The molecule has 0 unspecified atom stereocenters. The van der Waals surface area contributed by atoms with E-state index in [1.807, 2.05) is 20.8 Å². The van der Waals surface area contributed by atoms with Crippen molar-refractivity contribution in [3.8, 4) is 0 Å². The molecule has 2 rings (SSSR count). The lowest BCUT2D eigenvalue weighted by molar-refractivity contribution is 0.0636. The highest BCUT2D eigenvalue weighted by molar-refractivity contribution is 7.17. The molecule has 110 valence electrons. The van der Waals surface area contributed by atoms with Crippen LogP contribution in [0.4, 0.5) is 9.93 Å². The molecule has 0 radical (unpaired) electrons. The number of anilines is 1. The van der Waals surface area contributed by atoms with Gasteiger partial charge in [-0.1, -0.05) is 16.5 Å². The molecule has 1 aliphatic carbocycles. The van der Waals surface area contributed by atoms with Gasteiger partial charge in [0.1, 0.15) is 12.7 Å². The Morgan fingerprint density at radius 2 is 2.15 bits per heavy atom. The van der Waals surface area contributed by atoms with Crippen LogP contribution in [-0.4, -0.2) is 29.5 Å². The molecular formula is C13H19N3O3S. The van der Waals surface area contributed by atoms with Crippen LogP contribution in [-0.2, 0) is 16.0 Å². The first-order valence-electron chi connectivity index (χ1n) is 6.49. The third-order valence-electron chi connectivity index (χ3n) is 2.60. The Kier molecular flexibility index (Phi) is 4.27. The summed E-state index contributed by atoms with van der Waals surface area (Å²) in [6, 6.07) is 0. The zero-order valence-corrected chi connectivity index (χ0v) is 13.0. The number of carbonyl (C=O) groups is 1. The summed E-state index contributed by atoms with van der Waals surface area (Å²) in [5.74, 6) is 0. The van der Waals surface area contributed by atoms with E-state index >= 15 is 0 Å². The molecule has 1 heterocycles. The van der Waals surface area contributed by atoms with Gasteiger partial charge in [0, 0.05) is 0 Å². The highest BCUT2D eigenvalue weighted by Gasteiger charge is 2.23. The topological polar surface area (TPSA) is 72.8 Å². The Bertz CT molecular complexity index is 531. The van der Waals surface area contributed by atoms with Crippen LogP contribution in [0.25, 0.3) is 0 Å². The number of ether oxygens (including phenoxy) is 1. The summed E-state index contributed by atoms with van der Waals surface area (Å²) < 4.78 is 5.21. The van der Waals surface area contributed by atoms with Crippen molar-refractivity contribution in [1.82, 2.24) is 4.98 Å². The van der Waals surface area contributed by atoms with Gasteiger partial charge in [0.25, 0.3) is 0 Å². The van der Waals surface area contributed by atoms with Crippen LogP contribution in [0, 0.1) is 0 Å². The SMILES string of the molecule is CO/N=C1\CCCc2nc(NC(=O)OC(C)(C)C)sc21. The molecule has 1 aliphatic rings. The van der Waals surface area contributed by atoms with Crippen molar-refractivity contribution in [1.29, 1.82) is 0 Å². The largest absolute Gasteiger partial charge is 0.444 e. The zero-order valence-electron chi connectivity index (χ0n) is 12.1. The van der Waals surface area contributed by atoms with Gasteiger partial charge in [0.05, 0.1) is 16.3 Å². The van der Waals surface area contributed by atoms with Crippen LogP contribution >= 0.6 is 11.3 Å². The second kappa shape index (κ2) is 5.78. The number of fused-ring (bicyclic) bond motifs is 1. The first-order chi connectivity index (χ1) is 9.39. The smallest absolute Gasteiger partial charge is 0.413 e. The molecule has 7 heteroatoms. The second-order valence-electron chi connectivity index (χ2n) is 5.50. The van der Waals surface area contributed by atoms with Crippen molar-refractivity contribution in [3.63, 3.8) is 0 Å². The lowest BCUT2D eigenvalue weighted by Crippen LogP contribution is -2.27. The van der Waals surface area contributed by atoms with Crippen molar-refractivity contribution in [3.05, 3.63) is 10.6 Å². The van der Waals surface area contributed by atoms with Gasteiger partial charge < -0.3 is 9.57 Å². The summed E-state index contributed by atoms with van der Waals surface area (Å²) in [6.45, 7) is 5.47. The van der Waals surface area contributed by atoms with E-state index in [-0.39, 0.29) is 0 Å². The normalized spacial score (nSPS) is 16.7. The highest BCUT2D eigenvalue weighted by Crippen LogP contribution is 2.30. The number of hydrogen-bond acceptors (Lipinski definition) is 6. The number of aryl methyl sites for hydroxylation is 1. The van der Waals surface area contributed by atoms with E-state index in [9.17, 15) is 4.79 Å². The number of amides is 1. The number of oxime groups is 1. The average Bonchev–Trinajstić information content (AvgIpc) is 2.70. The molecule has 1 aromatic heterocycles. The summed E-state index contributed by atoms with van der Waals surface area (Å²) in [7, 11) is 1.53. The molecule has 0 saturated carbocycles. The molecule has 1 amide bonds. The summed E-state index contributed by atoms with van der Waals surface area (Å²) in [6.07, 6.45) is 2.26. The van der Waals surface area contributed by atoms with Gasteiger partial charge in [-0.25, -0.2) is 9.78 Å². The number of hydrogen-bond donors (Lipinski definition) is 1. The summed E-state index contributed by atoms with van der Waals surface area (Å²) in [4.78, 5) is 22.0. The molecule has 1 N–H and O–H groups in total. The van der Waals surface area contributed by atoms with Gasteiger partial charge in [0.15, 0.2) is 5.13 Å². The fourth-order valence-electron chi connectivity index (χ4n) is 1.93. The molecule has 0 saturated heterocycles. The van der Waals surface area contributed by atoms with Crippen LogP contribution in [0.15, 0.2) is 5.16 Å². The minimum absolute atomic E-state index is 0.492. The Labute approximate surface area is 122 Å². The van der Waals surface area contributed by atoms with Crippen LogP contribution in [0.3, 0.4) is 0 Å². The van der Waals surface area contributed by atoms with Crippen LogP contribution < -0.4 is 5.32 Å².